The lowest BCUT2D eigenvalue weighted by Gasteiger charge is -2.24. The highest BCUT2D eigenvalue weighted by Gasteiger charge is 2.33. The minimum absolute atomic E-state index is 0.0743. The second kappa shape index (κ2) is 7.26. The lowest BCUT2D eigenvalue weighted by Crippen LogP contribution is -2.33. The van der Waals surface area contributed by atoms with Crippen molar-refractivity contribution in [2.75, 3.05) is 11.9 Å². The molecule has 1 aliphatic rings. The largest absolute Gasteiger partial charge is 0.333 e. The van der Waals surface area contributed by atoms with Crippen molar-refractivity contribution < 1.29 is 14.0 Å². The van der Waals surface area contributed by atoms with Crippen LogP contribution in [0.15, 0.2) is 24.3 Å². The van der Waals surface area contributed by atoms with E-state index in [0.717, 1.165) is 12.8 Å². The molecule has 3 rings (SSSR count). The van der Waals surface area contributed by atoms with Crippen LogP contribution in [0.3, 0.4) is 0 Å². The molecule has 25 heavy (non-hydrogen) atoms. The summed E-state index contributed by atoms with van der Waals surface area (Å²) in [6.07, 6.45) is 1.74. The molecule has 0 spiro atoms. The van der Waals surface area contributed by atoms with Gasteiger partial charge in [0.05, 0.1) is 6.04 Å². The van der Waals surface area contributed by atoms with E-state index >= 15 is 0 Å². The van der Waals surface area contributed by atoms with Crippen molar-refractivity contribution in [3.63, 3.8) is 0 Å². The molecule has 132 valence electrons. The number of halogens is 1. The fourth-order valence-electron chi connectivity index (χ4n) is 2.80. The Hall–Kier alpha value is -2.35. The molecule has 0 bridgehead atoms. The molecular formula is C17H19FN4O2S. The standard InChI is InChI=1S/C17H19FN4O2S/c1-10(2)17(24)22-9-3-4-13(22)15-20-21-16(25-15)14(23)19-12-7-5-11(18)6-8-12/h5-8,10,13H,3-4,9H2,1-2H3,(H,19,23)/t13-/m0/s1. The van der Waals surface area contributed by atoms with Gasteiger partial charge in [-0.1, -0.05) is 25.2 Å². The molecule has 0 aliphatic carbocycles. The number of carbonyl (C=O) groups excluding carboxylic acids is 2. The van der Waals surface area contributed by atoms with Crippen LogP contribution in [0.4, 0.5) is 10.1 Å². The maximum absolute atomic E-state index is 12.9. The molecule has 1 atom stereocenters. The summed E-state index contributed by atoms with van der Waals surface area (Å²) >= 11 is 1.19. The quantitative estimate of drug-likeness (QED) is 0.906. The van der Waals surface area contributed by atoms with Crippen molar-refractivity contribution >= 4 is 28.8 Å². The van der Waals surface area contributed by atoms with Crippen LogP contribution in [0.1, 0.15) is 47.5 Å². The number of amides is 2. The van der Waals surface area contributed by atoms with Gasteiger partial charge in [0.15, 0.2) is 0 Å². The Kier molecular flexibility index (Phi) is 5.08. The maximum atomic E-state index is 12.9. The molecule has 1 aromatic carbocycles. The van der Waals surface area contributed by atoms with Gasteiger partial charge in [-0.05, 0) is 37.1 Å². The van der Waals surface area contributed by atoms with Crippen molar-refractivity contribution in [1.29, 1.82) is 0 Å². The summed E-state index contributed by atoms with van der Waals surface area (Å²) in [4.78, 5) is 26.4. The number of anilines is 1. The highest BCUT2D eigenvalue weighted by molar-refractivity contribution is 7.13. The normalized spacial score (nSPS) is 17.1. The number of hydrogen-bond acceptors (Lipinski definition) is 5. The second-order valence-electron chi connectivity index (χ2n) is 6.25. The number of nitrogens with one attached hydrogen (secondary N) is 1. The van der Waals surface area contributed by atoms with Gasteiger partial charge in [0.25, 0.3) is 5.91 Å². The van der Waals surface area contributed by atoms with E-state index in [0.29, 0.717) is 17.2 Å². The third-order valence-electron chi connectivity index (χ3n) is 4.05. The molecule has 1 saturated heterocycles. The monoisotopic (exact) mass is 362 g/mol. The average molecular weight is 362 g/mol. The van der Waals surface area contributed by atoms with E-state index in [2.05, 4.69) is 15.5 Å². The SMILES string of the molecule is CC(C)C(=O)N1CCC[C@H]1c1nnc(C(=O)Nc2ccc(F)cc2)s1. The fourth-order valence-corrected chi connectivity index (χ4v) is 3.68. The predicted octanol–water partition coefficient (Wildman–Crippen LogP) is 3.25. The van der Waals surface area contributed by atoms with E-state index < -0.39 is 5.91 Å². The van der Waals surface area contributed by atoms with Crippen molar-refractivity contribution in [3.8, 4) is 0 Å². The molecule has 2 heterocycles. The van der Waals surface area contributed by atoms with Crippen LogP contribution in [0.5, 0.6) is 0 Å². The molecule has 8 heteroatoms. The first-order valence-electron chi connectivity index (χ1n) is 8.16. The molecule has 1 N–H and O–H groups in total. The van der Waals surface area contributed by atoms with Gasteiger partial charge >= 0.3 is 0 Å². The molecule has 2 amide bonds. The summed E-state index contributed by atoms with van der Waals surface area (Å²) in [5.74, 6) is -0.743. The predicted molar refractivity (Wildman–Crippen MR) is 92.8 cm³/mol. The number of aromatic nitrogens is 2. The Bertz CT molecular complexity index is 775. The van der Waals surface area contributed by atoms with Gasteiger partial charge in [-0.2, -0.15) is 0 Å². The Balaban J connectivity index is 1.72. The molecule has 1 fully saturated rings. The summed E-state index contributed by atoms with van der Waals surface area (Å²) < 4.78 is 12.9. The second-order valence-corrected chi connectivity index (χ2v) is 7.26. The summed E-state index contributed by atoms with van der Waals surface area (Å²) in [5.41, 5.74) is 0.487. The van der Waals surface area contributed by atoms with Crippen LogP contribution in [0.25, 0.3) is 0 Å². The number of rotatable bonds is 4. The van der Waals surface area contributed by atoms with Crippen LogP contribution < -0.4 is 5.32 Å². The van der Waals surface area contributed by atoms with Crippen LogP contribution in [-0.2, 0) is 4.79 Å². The third kappa shape index (κ3) is 3.84. The van der Waals surface area contributed by atoms with E-state index in [-0.39, 0.29) is 28.7 Å². The van der Waals surface area contributed by atoms with Gasteiger partial charge < -0.3 is 10.2 Å². The molecular weight excluding hydrogens is 343 g/mol. The highest BCUT2D eigenvalue weighted by atomic mass is 32.1. The van der Waals surface area contributed by atoms with Crippen molar-refractivity contribution in [2.45, 2.75) is 32.7 Å². The van der Waals surface area contributed by atoms with E-state index in [1.54, 1.807) is 0 Å². The summed E-state index contributed by atoms with van der Waals surface area (Å²) in [7, 11) is 0. The number of nitrogens with zero attached hydrogens (tertiary/aromatic N) is 3. The van der Waals surface area contributed by atoms with E-state index in [1.807, 2.05) is 18.7 Å². The molecule has 2 aromatic rings. The molecule has 1 aliphatic heterocycles. The van der Waals surface area contributed by atoms with E-state index in [1.165, 1.54) is 35.6 Å². The summed E-state index contributed by atoms with van der Waals surface area (Å²) in [5, 5.41) is 11.6. The van der Waals surface area contributed by atoms with E-state index in [9.17, 15) is 14.0 Å². The summed E-state index contributed by atoms with van der Waals surface area (Å²) in [6.45, 7) is 4.46. The van der Waals surface area contributed by atoms with Crippen molar-refractivity contribution in [1.82, 2.24) is 15.1 Å². The maximum Gasteiger partial charge on any atom is 0.286 e. The van der Waals surface area contributed by atoms with Gasteiger partial charge in [0.2, 0.25) is 10.9 Å². The Morgan fingerprint density at radius 1 is 1.28 bits per heavy atom. The minimum Gasteiger partial charge on any atom is -0.333 e. The Labute approximate surface area is 149 Å². The number of benzene rings is 1. The Morgan fingerprint density at radius 3 is 2.68 bits per heavy atom. The number of carbonyl (C=O) groups is 2. The van der Waals surface area contributed by atoms with Crippen molar-refractivity contribution in [2.24, 2.45) is 5.92 Å². The number of hydrogen-bond donors (Lipinski definition) is 1. The molecule has 1 aromatic heterocycles. The zero-order valence-corrected chi connectivity index (χ0v) is 14.8. The zero-order valence-electron chi connectivity index (χ0n) is 14.0. The van der Waals surface area contributed by atoms with Gasteiger partial charge in [-0.25, -0.2) is 4.39 Å². The lowest BCUT2D eigenvalue weighted by molar-refractivity contribution is -0.135. The van der Waals surface area contributed by atoms with E-state index in [4.69, 9.17) is 0 Å². The van der Waals surface area contributed by atoms with Gasteiger partial charge in [0, 0.05) is 18.2 Å². The minimum atomic E-state index is -0.393. The highest BCUT2D eigenvalue weighted by Crippen LogP contribution is 2.34. The third-order valence-corrected chi connectivity index (χ3v) is 5.08. The first-order valence-corrected chi connectivity index (χ1v) is 8.98. The Morgan fingerprint density at radius 2 is 2.00 bits per heavy atom. The number of likely N-dealkylation sites (tertiary alicyclic amines) is 1. The fraction of sp³-hybridized carbons (Fsp3) is 0.412. The van der Waals surface area contributed by atoms with Crippen LogP contribution >= 0.6 is 11.3 Å². The molecule has 0 unspecified atom stereocenters. The van der Waals surface area contributed by atoms with Gasteiger partial charge in [-0.15, -0.1) is 10.2 Å². The molecule has 0 radical (unpaired) electrons. The zero-order chi connectivity index (χ0) is 18.0. The lowest BCUT2D eigenvalue weighted by atomic mass is 10.1. The molecule has 6 nitrogen and oxygen atoms in total. The topological polar surface area (TPSA) is 75.2 Å². The van der Waals surface area contributed by atoms with Crippen molar-refractivity contribution in [3.05, 3.63) is 40.1 Å². The van der Waals surface area contributed by atoms with Crippen LogP contribution in [-0.4, -0.2) is 33.5 Å². The van der Waals surface area contributed by atoms with Gasteiger partial charge in [-0.3, -0.25) is 9.59 Å². The van der Waals surface area contributed by atoms with Crippen LogP contribution in [0.2, 0.25) is 0 Å². The van der Waals surface area contributed by atoms with Crippen LogP contribution in [0, 0.1) is 11.7 Å². The smallest absolute Gasteiger partial charge is 0.286 e. The molecule has 0 saturated carbocycles. The summed E-state index contributed by atoms with van der Waals surface area (Å²) in [6, 6.07) is 5.40. The first-order chi connectivity index (χ1) is 12.0. The van der Waals surface area contributed by atoms with Gasteiger partial charge in [0.1, 0.15) is 10.8 Å². The average Bonchev–Trinajstić information content (AvgIpc) is 3.24. The first kappa shape index (κ1) is 17.5.